The molecule has 116 valence electrons. The van der Waals surface area contributed by atoms with Crippen LogP contribution in [0.15, 0.2) is 15.7 Å². The van der Waals surface area contributed by atoms with E-state index in [1.165, 1.54) is 6.26 Å². The van der Waals surface area contributed by atoms with E-state index in [1.807, 2.05) is 0 Å². The Morgan fingerprint density at radius 1 is 1.50 bits per heavy atom. The first-order valence-corrected chi connectivity index (χ1v) is 9.34. The van der Waals surface area contributed by atoms with Crippen LogP contribution in [0.5, 0.6) is 5.75 Å². The average molecular weight is 386 g/mol. The van der Waals surface area contributed by atoms with Crippen molar-refractivity contribution in [2.24, 2.45) is 0 Å². The Morgan fingerprint density at radius 3 is 3.09 bits per heavy atom. The number of ether oxygens (including phenoxy) is 1. The third-order valence-corrected chi connectivity index (χ3v) is 5.40. The third kappa shape index (κ3) is 2.08. The van der Waals surface area contributed by atoms with Crippen LogP contribution in [-0.4, -0.2) is 40.0 Å². The summed E-state index contributed by atoms with van der Waals surface area (Å²) in [6.07, 6.45) is 3.55. The highest BCUT2D eigenvalue weighted by molar-refractivity contribution is 9.10. The third-order valence-electron chi connectivity index (χ3n) is 4.13. The molecule has 22 heavy (non-hydrogen) atoms. The lowest BCUT2D eigenvalue weighted by molar-refractivity contribution is 0.295. The minimum Gasteiger partial charge on any atom is -0.609 e. The summed E-state index contributed by atoms with van der Waals surface area (Å²) in [4.78, 5) is 10.8. The molecule has 2 aliphatic heterocycles. The summed E-state index contributed by atoms with van der Waals surface area (Å²) in [5, 5.41) is 0.720. The molecular formula is C14H13BrFN3O2S. The Hall–Kier alpha value is -1.12. The number of rotatable bonds is 1. The van der Waals surface area contributed by atoms with Gasteiger partial charge in [0.05, 0.1) is 15.9 Å². The number of halogens is 2. The van der Waals surface area contributed by atoms with Crippen LogP contribution in [0.1, 0.15) is 12.8 Å². The van der Waals surface area contributed by atoms with Crippen LogP contribution in [0.4, 0.5) is 10.2 Å². The van der Waals surface area contributed by atoms with Crippen molar-refractivity contribution >= 4 is 43.8 Å². The summed E-state index contributed by atoms with van der Waals surface area (Å²) in [6, 6.07) is 1.83. The van der Waals surface area contributed by atoms with Gasteiger partial charge in [-0.15, -0.1) is 0 Å². The van der Waals surface area contributed by atoms with Gasteiger partial charge in [0.25, 0.3) is 0 Å². The number of benzene rings is 1. The highest BCUT2D eigenvalue weighted by Crippen LogP contribution is 2.42. The summed E-state index contributed by atoms with van der Waals surface area (Å²) in [5.41, 5.74) is 0.159. The van der Waals surface area contributed by atoms with Crippen molar-refractivity contribution in [3.63, 3.8) is 0 Å². The van der Waals surface area contributed by atoms with E-state index in [4.69, 9.17) is 4.74 Å². The Morgan fingerprint density at radius 2 is 2.32 bits per heavy atom. The van der Waals surface area contributed by atoms with Gasteiger partial charge in [-0.3, -0.25) is 0 Å². The molecule has 0 N–H and O–H groups in total. The van der Waals surface area contributed by atoms with Crippen LogP contribution in [0.25, 0.3) is 10.9 Å². The summed E-state index contributed by atoms with van der Waals surface area (Å²) in [5.74, 6) is 0.730. The molecule has 0 spiro atoms. The molecule has 0 amide bonds. The number of nitrogens with zero attached hydrogens (tertiary/aromatic N) is 3. The first kappa shape index (κ1) is 14.5. The highest BCUT2D eigenvalue weighted by atomic mass is 79.9. The second-order valence-corrected chi connectivity index (χ2v) is 7.61. The van der Waals surface area contributed by atoms with E-state index in [0.717, 1.165) is 19.4 Å². The fraction of sp³-hybridized carbons (Fsp3) is 0.429. The van der Waals surface area contributed by atoms with Crippen molar-refractivity contribution in [2.75, 3.05) is 24.3 Å². The van der Waals surface area contributed by atoms with Crippen LogP contribution in [-0.2, 0) is 11.2 Å². The lowest BCUT2D eigenvalue weighted by Crippen LogP contribution is -2.33. The minimum absolute atomic E-state index is 0.151. The molecule has 0 aliphatic carbocycles. The largest absolute Gasteiger partial charge is 0.609 e. The van der Waals surface area contributed by atoms with Crippen molar-refractivity contribution < 1.29 is 13.7 Å². The molecule has 0 saturated carbocycles. The maximum Gasteiger partial charge on any atom is 0.345 e. The molecule has 3 heterocycles. The Bertz CT molecular complexity index is 774. The minimum atomic E-state index is -1.38. The fourth-order valence-corrected chi connectivity index (χ4v) is 3.93. The van der Waals surface area contributed by atoms with Crippen LogP contribution < -0.4 is 9.64 Å². The second-order valence-electron chi connectivity index (χ2n) is 5.48. The van der Waals surface area contributed by atoms with E-state index in [-0.39, 0.29) is 21.2 Å². The predicted octanol–water partition coefficient (Wildman–Crippen LogP) is 2.63. The number of anilines is 1. The topological polar surface area (TPSA) is 61.3 Å². The van der Waals surface area contributed by atoms with E-state index < -0.39 is 17.0 Å². The number of aromatic nitrogens is 2. The number of hydrogen-bond acceptors (Lipinski definition) is 5. The van der Waals surface area contributed by atoms with Gasteiger partial charge in [-0.2, -0.15) is 9.97 Å². The van der Waals surface area contributed by atoms with Gasteiger partial charge in [0, 0.05) is 17.7 Å². The first-order chi connectivity index (χ1) is 10.6. The van der Waals surface area contributed by atoms with Crippen molar-refractivity contribution in [1.82, 2.24) is 9.97 Å². The maximum atomic E-state index is 14.5. The van der Waals surface area contributed by atoms with Gasteiger partial charge in [0.2, 0.25) is 0 Å². The Labute approximate surface area is 138 Å². The Balaban J connectivity index is 2.09. The maximum absolute atomic E-state index is 14.5. The molecule has 2 atom stereocenters. The zero-order chi connectivity index (χ0) is 15.4. The standard InChI is InChI=1S/C14H13BrFN3O2S/c1-22(20)14-17-12-10-9(5-8(15)11(12)16)21-6-7-3-2-4-19(7)13(10)18-14/h5,7H,2-4,6H2,1H3/t7-,22?/m0/s1. The van der Waals surface area contributed by atoms with Crippen molar-refractivity contribution in [3.8, 4) is 5.75 Å². The molecule has 0 radical (unpaired) electrons. The van der Waals surface area contributed by atoms with Crippen molar-refractivity contribution in [1.29, 1.82) is 0 Å². The van der Waals surface area contributed by atoms with Crippen molar-refractivity contribution in [3.05, 3.63) is 16.4 Å². The molecule has 1 saturated heterocycles. The summed E-state index contributed by atoms with van der Waals surface area (Å²) < 4.78 is 32.5. The Kier molecular flexibility index (Phi) is 3.43. The number of fused-ring (bicyclic) bond motifs is 2. The summed E-state index contributed by atoms with van der Waals surface area (Å²) >= 11 is 1.82. The van der Waals surface area contributed by atoms with Crippen LogP contribution in [0.3, 0.4) is 0 Å². The molecule has 1 aromatic carbocycles. The molecule has 1 aromatic heterocycles. The molecule has 2 aromatic rings. The molecule has 1 fully saturated rings. The van der Waals surface area contributed by atoms with Gasteiger partial charge in [0.15, 0.2) is 5.82 Å². The van der Waals surface area contributed by atoms with E-state index in [2.05, 4.69) is 30.8 Å². The average Bonchev–Trinajstić information content (AvgIpc) is 2.91. The van der Waals surface area contributed by atoms with Gasteiger partial charge in [-0.1, -0.05) is 0 Å². The zero-order valence-electron chi connectivity index (χ0n) is 11.8. The van der Waals surface area contributed by atoms with E-state index in [0.29, 0.717) is 23.6 Å². The van der Waals surface area contributed by atoms with Crippen molar-refractivity contribution in [2.45, 2.75) is 24.0 Å². The molecule has 0 bridgehead atoms. The smallest absolute Gasteiger partial charge is 0.345 e. The number of hydrogen-bond donors (Lipinski definition) is 0. The lowest BCUT2D eigenvalue weighted by atomic mass is 10.2. The quantitative estimate of drug-likeness (QED) is 0.557. The summed E-state index contributed by atoms with van der Waals surface area (Å²) in [6.45, 7) is 1.38. The fourth-order valence-electron chi connectivity index (χ4n) is 3.10. The molecular weight excluding hydrogens is 373 g/mol. The molecule has 4 rings (SSSR count). The monoisotopic (exact) mass is 385 g/mol. The van der Waals surface area contributed by atoms with Gasteiger partial charge in [-0.05, 0) is 34.8 Å². The molecule has 1 unspecified atom stereocenters. The van der Waals surface area contributed by atoms with Gasteiger partial charge in [-0.25, -0.2) is 4.39 Å². The van der Waals surface area contributed by atoms with Crippen LogP contribution in [0.2, 0.25) is 0 Å². The van der Waals surface area contributed by atoms with E-state index >= 15 is 0 Å². The van der Waals surface area contributed by atoms with E-state index in [9.17, 15) is 8.94 Å². The zero-order valence-corrected chi connectivity index (χ0v) is 14.2. The van der Waals surface area contributed by atoms with Gasteiger partial charge >= 0.3 is 5.16 Å². The highest BCUT2D eigenvalue weighted by Gasteiger charge is 2.34. The van der Waals surface area contributed by atoms with Crippen LogP contribution in [0, 0.1) is 5.82 Å². The lowest BCUT2D eigenvalue weighted by Gasteiger charge is -2.23. The SMILES string of the molecule is C[S+]([O-])c1nc2c3c(cc(Br)c(F)c3n1)OC[C@@H]1CCCN21. The van der Waals surface area contributed by atoms with E-state index in [1.54, 1.807) is 6.07 Å². The van der Waals surface area contributed by atoms with Gasteiger partial charge < -0.3 is 14.2 Å². The predicted molar refractivity (Wildman–Crippen MR) is 85.4 cm³/mol. The van der Waals surface area contributed by atoms with Gasteiger partial charge in [0.1, 0.15) is 29.9 Å². The van der Waals surface area contributed by atoms with Crippen LogP contribution >= 0.6 is 15.9 Å². The summed E-state index contributed by atoms with van der Waals surface area (Å²) in [7, 11) is 0. The molecule has 8 heteroatoms. The molecule has 2 aliphatic rings. The first-order valence-electron chi connectivity index (χ1n) is 6.99. The molecule has 5 nitrogen and oxygen atoms in total. The normalized spacial score (nSPS) is 21.5. The second kappa shape index (κ2) is 5.21.